The van der Waals surface area contributed by atoms with Crippen molar-refractivity contribution in [2.24, 2.45) is 0 Å². The lowest BCUT2D eigenvalue weighted by Crippen LogP contribution is -2.33. The second-order valence-corrected chi connectivity index (χ2v) is 4.86. The van der Waals surface area contributed by atoms with Gasteiger partial charge in [0.15, 0.2) is 0 Å². The van der Waals surface area contributed by atoms with Gasteiger partial charge in [-0.25, -0.2) is 4.79 Å². The third kappa shape index (κ3) is 4.13. The van der Waals surface area contributed by atoms with Gasteiger partial charge in [-0.15, -0.1) is 0 Å². The highest BCUT2D eigenvalue weighted by atomic mass is 16.5. The molecule has 0 aromatic heterocycles. The predicted molar refractivity (Wildman–Crippen MR) is 81.0 cm³/mol. The molecule has 20 heavy (non-hydrogen) atoms. The van der Waals surface area contributed by atoms with Crippen molar-refractivity contribution in [1.29, 1.82) is 0 Å². The molecule has 5 heteroatoms. The number of nitrogens with two attached hydrogens (primary N) is 1. The van der Waals surface area contributed by atoms with Gasteiger partial charge >= 0.3 is 5.97 Å². The first kappa shape index (κ1) is 16.3. The summed E-state index contributed by atoms with van der Waals surface area (Å²) in [7, 11) is 0. The number of rotatable bonds is 7. The van der Waals surface area contributed by atoms with Crippen molar-refractivity contribution in [1.82, 2.24) is 0 Å². The molecule has 3 N–H and O–H groups in total. The van der Waals surface area contributed by atoms with Crippen LogP contribution in [0, 0.1) is 0 Å². The summed E-state index contributed by atoms with van der Waals surface area (Å²) in [5.41, 5.74) is 7.93. The molecular formula is C15H24N2O3. The summed E-state index contributed by atoms with van der Waals surface area (Å²) < 4.78 is 5.01. The maximum absolute atomic E-state index is 11.8. The molecule has 0 aliphatic heterocycles. The van der Waals surface area contributed by atoms with Gasteiger partial charge < -0.3 is 20.5 Å². The molecule has 0 atom stereocenters. The quantitative estimate of drug-likeness (QED) is 0.590. The van der Waals surface area contributed by atoms with Gasteiger partial charge in [-0.05, 0) is 45.4 Å². The molecule has 0 amide bonds. The molecule has 0 saturated carbocycles. The number of aliphatic hydroxyl groups is 1. The number of aliphatic hydroxyl groups excluding tert-OH is 1. The molecule has 112 valence electrons. The fourth-order valence-electron chi connectivity index (χ4n) is 2.03. The van der Waals surface area contributed by atoms with Crippen LogP contribution in [-0.4, -0.2) is 36.9 Å². The fourth-order valence-corrected chi connectivity index (χ4v) is 2.03. The van der Waals surface area contributed by atoms with Crippen LogP contribution in [0.4, 0.5) is 11.4 Å². The second-order valence-electron chi connectivity index (χ2n) is 4.86. The summed E-state index contributed by atoms with van der Waals surface area (Å²) in [6.07, 6.45) is 0.654. The number of carbonyl (C=O) groups is 1. The summed E-state index contributed by atoms with van der Waals surface area (Å²) in [4.78, 5) is 13.9. The number of carbonyl (C=O) groups excluding carboxylic acids is 1. The summed E-state index contributed by atoms with van der Waals surface area (Å²) in [5.74, 6) is -0.348. The summed E-state index contributed by atoms with van der Waals surface area (Å²) in [6.45, 7) is 7.03. The second kappa shape index (κ2) is 7.75. The van der Waals surface area contributed by atoms with Crippen LogP contribution in [0.25, 0.3) is 0 Å². The Morgan fingerprint density at radius 2 is 2.15 bits per heavy atom. The Bertz CT molecular complexity index is 447. The Hall–Kier alpha value is -1.75. The van der Waals surface area contributed by atoms with Crippen LogP contribution in [0.15, 0.2) is 18.2 Å². The first-order valence-corrected chi connectivity index (χ1v) is 6.95. The Morgan fingerprint density at radius 1 is 1.45 bits per heavy atom. The van der Waals surface area contributed by atoms with E-state index in [0.717, 1.165) is 5.69 Å². The third-order valence-electron chi connectivity index (χ3n) is 3.03. The Balaban J connectivity index is 3.07. The topological polar surface area (TPSA) is 75.8 Å². The Labute approximate surface area is 120 Å². The molecular weight excluding hydrogens is 256 g/mol. The molecule has 0 spiro atoms. The van der Waals surface area contributed by atoms with Gasteiger partial charge in [0, 0.05) is 19.2 Å². The van der Waals surface area contributed by atoms with Crippen LogP contribution >= 0.6 is 0 Å². The molecule has 1 aromatic rings. The van der Waals surface area contributed by atoms with Crippen LogP contribution in [0.1, 0.15) is 37.6 Å². The van der Waals surface area contributed by atoms with E-state index in [2.05, 4.69) is 4.90 Å². The average molecular weight is 280 g/mol. The minimum Gasteiger partial charge on any atom is -0.462 e. The van der Waals surface area contributed by atoms with Crippen molar-refractivity contribution >= 4 is 17.3 Å². The number of hydrogen-bond donors (Lipinski definition) is 2. The summed E-state index contributed by atoms with van der Waals surface area (Å²) in [5, 5.41) is 8.99. The number of nitrogen functional groups attached to an aromatic ring is 1. The molecule has 0 saturated heterocycles. The van der Waals surface area contributed by atoms with E-state index in [4.69, 9.17) is 15.6 Å². The van der Waals surface area contributed by atoms with Gasteiger partial charge in [0.05, 0.1) is 23.5 Å². The first-order valence-electron chi connectivity index (χ1n) is 6.95. The van der Waals surface area contributed by atoms with Crippen molar-refractivity contribution in [2.45, 2.75) is 33.2 Å². The largest absolute Gasteiger partial charge is 0.462 e. The fraction of sp³-hybridized carbons (Fsp3) is 0.533. The number of esters is 1. The van der Waals surface area contributed by atoms with Crippen molar-refractivity contribution in [3.63, 3.8) is 0 Å². The van der Waals surface area contributed by atoms with E-state index in [1.54, 1.807) is 25.1 Å². The maximum atomic E-state index is 11.8. The van der Waals surface area contributed by atoms with Gasteiger partial charge in [0.25, 0.3) is 0 Å². The maximum Gasteiger partial charge on any atom is 0.338 e. The molecule has 0 aliphatic carbocycles. The van der Waals surface area contributed by atoms with Crippen LogP contribution in [0.2, 0.25) is 0 Å². The average Bonchev–Trinajstić information content (AvgIpc) is 2.41. The molecule has 0 fully saturated rings. The van der Waals surface area contributed by atoms with Crippen molar-refractivity contribution < 1.29 is 14.6 Å². The van der Waals surface area contributed by atoms with E-state index in [0.29, 0.717) is 30.8 Å². The number of hydrogen-bond acceptors (Lipinski definition) is 5. The highest BCUT2D eigenvalue weighted by molar-refractivity contribution is 5.92. The lowest BCUT2D eigenvalue weighted by atomic mass is 10.1. The number of benzene rings is 1. The molecule has 0 aliphatic rings. The summed E-state index contributed by atoms with van der Waals surface area (Å²) >= 11 is 0. The highest BCUT2D eigenvalue weighted by Gasteiger charge is 2.16. The van der Waals surface area contributed by atoms with E-state index in [1.807, 2.05) is 13.8 Å². The van der Waals surface area contributed by atoms with Crippen molar-refractivity contribution in [2.75, 3.05) is 30.4 Å². The van der Waals surface area contributed by atoms with E-state index in [9.17, 15) is 4.79 Å². The molecule has 5 nitrogen and oxygen atoms in total. The number of nitrogens with zero attached hydrogens (tertiary/aromatic N) is 1. The van der Waals surface area contributed by atoms with Crippen LogP contribution < -0.4 is 10.6 Å². The van der Waals surface area contributed by atoms with Gasteiger partial charge in [-0.1, -0.05) is 0 Å². The molecule has 0 radical (unpaired) electrons. The van der Waals surface area contributed by atoms with Gasteiger partial charge in [0.2, 0.25) is 0 Å². The normalized spacial score (nSPS) is 10.7. The standard InChI is InChI=1S/C15H24N2O3/c1-4-20-15(19)12-6-7-13(16)14(10-12)17(11(2)3)8-5-9-18/h6-7,10-11,18H,4-5,8-9,16H2,1-3H3. The van der Waals surface area contributed by atoms with E-state index in [1.165, 1.54) is 0 Å². The molecule has 0 unspecified atom stereocenters. The Morgan fingerprint density at radius 3 is 2.70 bits per heavy atom. The van der Waals surface area contributed by atoms with Crippen LogP contribution in [0.3, 0.4) is 0 Å². The Kier molecular flexibility index (Phi) is 6.31. The minimum atomic E-state index is -0.348. The van der Waals surface area contributed by atoms with Gasteiger partial charge in [0.1, 0.15) is 0 Å². The zero-order chi connectivity index (χ0) is 15.1. The van der Waals surface area contributed by atoms with Gasteiger partial charge in [-0.2, -0.15) is 0 Å². The number of anilines is 2. The minimum absolute atomic E-state index is 0.126. The molecule has 1 aromatic carbocycles. The third-order valence-corrected chi connectivity index (χ3v) is 3.03. The zero-order valence-corrected chi connectivity index (χ0v) is 12.4. The van der Waals surface area contributed by atoms with Crippen LogP contribution in [0.5, 0.6) is 0 Å². The smallest absolute Gasteiger partial charge is 0.338 e. The lowest BCUT2D eigenvalue weighted by molar-refractivity contribution is 0.0526. The lowest BCUT2D eigenvalue weighted by Gasteiger charge is -2.30. The molecule has 1 rings (SSSR count). The van der Waals surface area contributed by atoms with Crippen molar-refractivity contribution in [3.8, 4) is 0 Å². The number of ether oxygens (including phenoxy) is 1. The SMILES string of the molecule is CCOC(=O)c1ccc(N)c(N(CCCO)C(C)C)c1. The van der Waals surface area contributed by atoms with E-state index >= 15 is 0 Å². The first-order chi connectivity index (χ1) is 9.51. The van der Waals surface area contributed by atoms with Crippen LogP contribution in [-0.2, 0) is 4.74 Å². The van der Waals surface area contributed by atoms with E-state index in [-0.39, 0.29) is 18.6 Å². The monoisotopic (exact) mass is 280 g/mol. The van der Waals surface area contributed by atoms with Gasteiger partial charge in [-0.3, -0.25) is 0 Å². The summed E-state index contributed by atoms with van der Waals surface area (Å²) in [6, 6.07) is 5.36. The molecule has 0 bridgehead atoms. The highest BCUT2D eigenvalue weighted by Crippen LogP contribution is 2.27. The predicted octanol–water partition coefficient (Wildman–Crippen LogP) is 2.04. The molecule has 0 heterocycles. The van der Waals surface area contributed by atoms with Crippen molar-refractivity contribution in [3.05, 3.63) is 23.8 Å². The zero-order valence-electron chi connectivity index (χ0n) is 12.4. The van der Waals surface area contributed by atoms with E-state index < -0.39 is 0 Å².